The van der Waals surface area contributed by atoms with Crippen LogP contribution in [0, 0.1) is 11.3 Å². The number of piperidine rings is 1. The van der Waals surface area contributed by atoms with Gasteiger partial charge in [0.25, 0.3) is 0 Å². The summed E-state index contributed by atoms with van der Waals surface area (Å²) in [7, 11) is 0. The first kappa shape index (κ1) is 17.0. The summed E-state index contributed by atoms with van der Waals surface area (Å²) in [6.07, 6.45) is 1.45. The van der Waals surface area contributed by atoms with E-state index in [9.17, 15) is 9.59 Å². The van der Waals surface area contributed by atoms with Crippen LogP contribution < -0.4 is 5.32 Å². The van der Waals surface area contributed by atoms with Gasteiger partial charge >= 0.3 is 0 Å². The van der Waals surface area contributed by atoms with E-state index < -0.39 is 0 Å². The van der Waals surface area contributed by atoms with Crippen molar-refractivity contribution in [1.82, 2.24) is 4.90 Å². The highest BCUT2D eigenvalue weighted by molar-refractivity contribution is 9.10. The van der Waals surface area contributed by atoms with E-state index in [1.807, 2.05) is 49.9 Å². The molecule has 0 spiro atoms. The Morgan fingerprint density at radius 3 is 2.41 bits per heavy atom. The van der Waals surface area contributed by atoms with Crippen LogP contribution in [0.1, 0.15) is 33.6 Å². The zero-order valence-corrected chi connectivity index (χ0v) is 14.9. The summed E-state index contributed by atoms with van der Waals surface area (Å²) in [6.45, 7) is 7.11. The Kier molecular flexibility index (Phi) is 5.27. The SMILES string of the molecule is CC(C)(C)C(=O)N1CCC(C(=O)Nc2cccc(Br)c2)CC1. The molecule has 2 rings (SSSR count). The summed E-state index contributed by atoms with van der Waals surface area (Å²) in [5, 5.41) is 2.95. The molecule has 0 atom stereocenters. The van der Waals surface area contributed by atoms with Gasteiger partial charge in [-0.15, -0.1) is 0 Å². The standard InChI is InChI=1S/C17H23BrN2O2/c1-17(2,3)16(22)20-9-7-12(8-10-20)15(21)19-14-6-4-5-13(18)11-14/h4-6,11-12H,7-10H2,1-3H3,(H,19,21). The topological polar surface area (TPSA) is 49.4 Å². The Hall–Kier alpha value is -1.36. The minimum atomic E-state index is -0.356. The van der Waals surface area contributed by atoms with Crippen molar-refractivity contribution in [3.8, 4) is 0 Å². The van der Waals surface area contributed by atoms with E-state index in [4.69, 9.17) is 0 Å². The number of hydrogen-bond donors (Lipinski definition) is 1. The molecule has 1 aromatic carbocycles. The number of rotatable bonds is 2. The molecule has 4 nitrogen and oxygen atoms in total. The zero-order valence-electron chi connectivity index (χ0n) is 13.4. The number of halogens is 1. The quantitative estimate of drug-likeness (QED) is 0.867. The van der Waals surface area contributed by atoms with E-state index in [-0.39, 0.29) is 23.1 Å². The Bertz CT molecular complexity index is 558. The lowest BCUT2D eigenvalue weighted by atomic mass is 9.90. The highest BCUT2D eigenvalue weighted by Gasteiger charge is 2.32. The molecule has 0 unspecified atom stereocenters. The van der Waals surface area contributed by atoms with Gasteiger partial charge in [0.05, 0.1) is 0 Å². The van der Waals surface area contributed by atoms with Gasteiger partial charge in [0.2, 0.25) is 11.8 Å². The van der Waals surface area contributed by atoms with Gasteiger partial charge in [0.15, 0.2) is 0 Å². The molecule has 1 heterocycles. The van der Waals surface area contributed by atoms with E-state index in [0.29, 0.717) is 13.1 Å². The van der Waals surface area contributed by atoms with E-state index in [1.54, 1.807) is 0 Å². The fourth-order valence-corrected chi connectivity index (χ4v) is 3.03. The minimum Gasteiger partial charge on any atom is -0.342 e. The molecule has 1 aliphatic heterocycles. The Morgan fingerprint density at radius 1 is 1.23 bits per heavy atom. The van der Waals surface area contributed by atoms with Gasteiger partial charge in [-0.3, -0.25) is 9.59 Å². The first-order valence-electron chi connectivity index (χ1n) is 7.63. The van der Waals surface area contributed by atoms with Crippen molar-refractivity contribution < 1.29 is 9.59 Å². The Balaban J connectivity index is 1.89. The van der Waals surface area contributed by atoms with Crippen LogP contribution in [0.25, 0.3) is 0 Å². The maximum atomic E-state index is 12.3. The van der Waals surface area contributed by atoms with E-state index in [1.165, 1.54) is 0 Å². The fraction of sp³-hybridized carbons (Fsp3) is 0.529. The predicted molar refractivity (Wildman–Crippen MR) is 91.5 cm³/mol. The van der Waals surface area contributed by atoms with Crippen LogP contribution in [0.2, 0.25) is 0 Å². The largest absolute Gasteiger partial charge is 0.342 e. The number of nitrogens with zero attached hydrogens (tertiary/aromatic N) is 1. The lowest BCUT2D eigenvalue weighted by Gasteiger charge is -2.35. The molecular weight excluding hydrogens is 344 g/mol. The first-order valence-corrected chi connectivity index (χ1v) is 8.42. The molecule has 1 N–H and O–H groups in total. The number of anilines is 1. The number of hydrogen-bond acceptors (Lipinski definition) is 2. The molecule has 5 heteroatoms. The summed E-state index contributed by atoms with van der Waals surface area (Å²) in [6, 6.07) is 7.58. The average Bonchev–Trinajstić information content (AvgIpc) is 2.45. The van der Waals surface area contributed by atoms with Crippen LogP contribution in [0.4, 0.5) is 5.69 Å². The number of nitrogens with one attached hydrogen (secondary N) is 1. The number of amides is 2. The van der Waals surface area contributed by atoms with Gasteiger partial charge in [0, 0.05) is 34.6 Å². The summed E-state index contributed by atoms with van der Waals surface area (Å²) in [5.74, 6) is 0.183. The Labute approximate surface area is 140 Å². The normalized spacial score (nSPS) is 16.5. The average molecular weight is 367 g/mol. The van der Waals surface area contributed by atoms with Crippen molar-refractivity contribution in [2.24, 2.45) is 11.3 Å². The molecule has 0 bridgehead atoms. The van der Waals surface area contributed by atoms with Gasteiger partial charge in [-0.2, -0.15) is 0 Å². The summed E-state index contributed by atoms with van der Waals surface area (Å²) >= 11 is 3.39. The third kappa shape index (κ3) is 4.32. The van der Waals surface area contributed by atoms with E-state index in [2.05, 4.69) is 21.2 Å². The molecule has 1 aliphatic rings. The molecule has 0 radical (unpaired) electrons. The van der Waals surface area contributed by atoms with Crippen molar-refractivity contribution in [1.29, 1.82) is 0 Å². The first-order chi connectivity index (χ1) is 10.3. The second-order valence-corrected chi connectivity index (χ2v) is 7.73. The molecule has 1 aromatic rings. The third-order valence-corrected chi connectivity index (χ3v) is 4.38. The highest BCUT2D eigenvalue weighted by Crippen LogP contribution is 2.25. The monoisotopic (exact) mass is 366 g/mol. The number of likely N-dealkylation sites (tertiary alicyclic amines) is 1. The van der Waals surface area contributed by atoms with Crippen molar-refractivity contribution in [3.05, 3.63) is 28.7 Å². The van der Waals surface area contributed by atoms with Crippen LogP contribution in [-0.4, -0.2) is 29.8 Å². The van der Waals surface area contributed by atoms with Crippen molar-refractivity contribution in [3.63, 3.8) is 0 Å². The molecule has 0 aromatic heterocycles. The van der Waals surface area contributed by atoms with Crippen LogP contribution in [0.3, 0.4) is 0 Å². The smallest absolute Gasteiger partial charge is 0.227 e. The van der Waals surface area contributed by atoms with Crippen molar-refractivity contribution in [2.45, 2.75) is 33.6 Å². The third-order valence-electron chi connectivity index (χ3n) is 3.89. The molecule has 2 amide bonds. The van der Waals surface area contributed by atoms with Crippen molar-refractivity contribution >= 4 is 33.4 Å². The molecule has 1 saturated heterocycles. The second kappa shape index (κ2) is 6.82. The van der Waals surface area contributed by atoms with Gasteiger partial charge in [-0.05, 0) is 31.0 Å². The molecule has 22 heavy (non-hydrogen) atoms. The van der Waals surface area contributed by atoms with E-state index in [0.717, 1.165) is 23.0 Å². The summed E-state index contributed by atoms with van der Waals surface area (Å²) in [5.41, 5.74) is 0.443. The number of carbonyl (C=O) groups excluding carboxylic acids is 2. The second-order valence-electron chi connectivity index (χ2n) is 6.82. The molecule has 120 valence electrons. The lowest BCUT2D eigenvalue weighted by Crippen LogP contribution is -2.45. The van der Waals surface area contributed by atoms with Crippen LogP contribution >= 0.6 is 15.9 Å². The summed E-state index contributed by atoms with van der Waals surface area (Å²) in [4.78, 5) is 26.4. The molecule has 0 aliphatic carbocycles. The minimum absolute atomic E-state index is 0.0250. The van der Waals surface area contributed by atoms with Gasteiger partial charge in [-0.25, -0.2) is 0 Å². The number of carbonyl (C=O) groups is 2. The fourth-order valence-electron chi connectivity index (χ4n) is 2.63. The Morgan fingerprint density at radius 2 is 1.86 bits per heavy atom. The zero-order chi connectivity index (χ0) is 16.3. The summed E-state index contributed by atoms with van der Waals surface area (Å²) < 4.78 is 0.941. The van der Waals surface area contributed by atoms with Crippen molar-refractivity contribution in [2.75, 3.05) is 18.4 Å². The molecular formula is C17H23BrN2O2. The predicted octanol–water partition coefficient (Wildman–Crippen LogP) is 3.67. The number of benzene rings is 1. The maximum Gasteiger partial charge on any atom is 0.227 e. The maximum absolute atomic E-state index is 12.3. The van der Waals surface area contributed by atoms with E-state index >= 15 is 0 Å². The van der Waals surface area contributed by atoms with Crippen LogP contribution in [0.5, 0.6) is 0 Å². The molecule has 0 saturated carbocycles. The van der Waals surface area contributed by atoms with Gasteiger partial charge < -0.3 is 10.2 Å². The highest BCUT2D eigenvalue weighted by atomic mass is 79.9. The lowest BCUT2D eigenvalue weighted by molar-refractivity contribution is -0.142. The van der Waals surface area contributed by atoms with Gasteiger partial charge in [0.1, 0.15) is 0 Å². The van der Waals surface area contributed by atoms with Crippen LogP contribution in [0.15, 0.2) is 28.7 Å². The van der Waals surface area contributed by atoms with Crippen LogP contribution in [-0.2, 0) is 9.59 Å². The molecule has 1 fully saturated rings. The van der Waals surface area contributed by atoms with Gasteiger partial charge in [-0.1, -0.05) is 42.8 Å².